The second kappa shape index (κ2) is 6.66. The van der Waals surface area contributed by atoms with Gasteiger partial charge in [-0.3, -0.25) is 4.79 Å². The Hall–Kier alpha value is -2.60. The van der Waals surface area contributed by atoms with Crippen molar-refractivity contribution in [1.82, 2.24) is 4.98 Å². The molecule has 2 N–H and O–H groups in total. The van der Waals surface area contributed by atoms with Crippen molar-refractivity contribution in [2.24, 2.45) is 5.73 Å². The number of hydrogen-bond acceptors (Lipinski definition) is 4. The van der Waals surface area contributed by atoms with Crippen molar-refractivity contribution in [3.8, 4) is 11.3 Å². The number of thioether (sulfide) groups is 1. The number of carbonyl (C=O) groups excluding carboxylic acids is 1. The van der Waals surface area contributed by atoms with E-state index in [0.29, 0.717) is 16.5 Å². The van der Waals surface area contributed by atoms with E-state index in [-0.39, 0.29) is 5.82 Å². The van der Waals surface area contributed by atoms with Crippen molar-refractivity contribution in [3.63, 3.8) is 0 Å². The highest BCUT2D eigenvalue weighted by molar-refractivity contribution is 8.00. The van der Waals surface area contributed by atoms with Crippen LogP contribution in [0.4, 0.5) is 4.39 Å². The van der Waals surface area contributed by atoms with Crippen LogP contribution in [0, 0.1) is 5.82 Å². The smallest absolute Gasteiger partial charge is 0.257 e. The van der Waals surface area contributed by atoms with E-state index in [4.69, 9.17) is 10.2 Å². The fourth-order valence-electron chi connectivity index (χ4n) is 2.08. The minimum Gasteiger partial charge on any atom is -0.431 e. The molecular weight excluding hydrogens is 315 g/mol. The molecule has 0 radical (unpaired) electrons. The van der Waals surface area contributed by atoms with Crippen molar-refractivity contribution in [2.45, 2.75) is 10.5 Å². The number of benzene rings is 2. The largest absolute Gasteiger partial charge is 0.431 e. The molecular formula is C17H13FN2O2S. The third-order valence-corrected chi connectivity index (χ3v) is 4.32. The Bertz CT molecular complexity index is 803. The van der Waals surface area contributed by atoms with Crippen LogP contribution in [0.3, 0.4) is 0 Å². The molecule has 0 unspecified atom stereocenters. The van der Waals surface area contributed by atoms with E-state index in [0.717, 1.165) is 17.3 Å². The van der Waals surface area contributed by atoms with E-state index in [1.54, 1.807) is 18.3 Å². The topological polar surface area (TPSA) is 69.1 Å². The first kappa shape index (κ1) is 15.3. The summed E-state index contributed by atoms with van der Waals surface area (Å²) < 4.78 is 18.6. The van der Waals surface area contributed by atoms with Crippen LogP contribution in [0.5, 0.6) is 0 Å². The SMILES string of the molecule is NC(=O)[C@H](Sc1ncc(-c2ccc(F)cc2)o1)c1ccccc1. The fraction of sp³-hybridized carbons (Fsp3) is 0.0588. The summed E-state index contributed by atoms with van der Waals surface area (Å²) in [5, 5.41) is -0.257. The first-order chi connectivity index (χ1) is 11.1. The monoisotopic (exact) mass is 328 g/mol. The highest BCUT2D eigenvalue weighted by Crippen LogP contribution is 2.36. The van der Waals surface area contributed by atoms with Gasteiger partial charge in [0.2, 0.25) is 5.91 Å². The van der Waals surface area contributed by atoms with Crippen LogP contribution < -0.4 is 5.73 Å². The van der Waals surface area contributed by atoms with Crippen LogP contribution in [0.1, 0.15) is 10.8 Å². The molecule has 0 aliphatic carbocycles. The third-order valence-electron chi connectivity index (χ3n) is 3.19. The number of hydrogen-bond donors (Lipinski definition) is 1. The number of halogens is 1. The lowest BCUT2D eigenvalue weighted by atomic mass is 10.1. The van der Waals surface area contributed by atoms with E-state index < -0.39 is 11.2 Å². The number of aromatic nitrogens is 1. The maximum Gasteiger partial charge on any atom is 0.257 e. The molecule has 1 aromatic heterocycles. The second-order valence-corrected chi connectivity index (χ2v) is 5.86. The predicted octanol–water partition coefficient (Wildman–Crippen LogP) is 3.80. The molecule has 2 aromatic carbocycles. The third kappa shape index (κ3) is 3.60. The molecule has 4 nitrogen and oxygen atoms in total. The zero-order valence-corrected chi connectivity index (χ0v) is 12.8. The number of nitrogens with two attached hydrogens (primary N) is 1. The molecule has 0 aliphatic heterocycles. The predicted molar refractivity (Wildman–Crippen MR) is 86.1 cm³/mol. The summed E-state index contributed by atoms with van der Waals surface area (Å²) in [4.78, 5) is 15.9. The second-order valence-electron chi connectivity index (χ2n) is 4.81. The number of rotatable bonds is 5. The summed E-state index contributed by atoms with van der Waals surface area (Å²) in [6.45, 7) is 0. The molecule has 0 fully saturated rings. The minimum absolute atomic E-state index is 0.319. The molecule has 1 amide bonds. The Kier molecular flexibility index (Phi) is 4.43. The van der Waals surface area contributed by atoms with Gasteiger partial charge < -0.3 is 10.2 Å². The van der Waals surface area contributed by atoms with Crippen LogP contribution in [-0.2, 0) is 4.79 Å². The average Bonchev–Trinajstić information content (AvgIpc) is 3.02. The summed E-state index contributed by atoms with van der Waals surface area (Å²) in [5.41, 5.74) is 6.97. The van der Waals surface area contributed by atoms with Gasteiger partial charge >= 0.3 is 0 Å². The first-order valence-corrected chi connectivity index (χ1v) is 7.74. The van der Waals surface area contributed by atoms with Gasteiger partial charge in [-0.05, 0) is 41.6 Å². The maximum atomic E-state index is 13.0. The number of oxazole rings is 1. The molecule has 23 heavy (non-hydrogen) atoms. The summed E-state index contributed by atoms with van der Waals surface area (Å²) in [5.74, 6) is -0.285. The lowest BCUT2D eigenvalue weighted by molar-refractivity contribution is -0.117. The highest BCUT2D eigenvalue weighted by Gasteiger charge is 2.22. The molecule has 0 aliphatic rings. The van der Waals surface area contributed by atoms with Crippen LogP contribution in [0.2, 0.25) is 0 Å². The maximum absolute atomic E-state index is 13.0. The van der Waals surface area contributed by atoms with E-state index in [9.17, 15) is 9.18 Å². The number of nitrogens with zero attached hydrogens (tertiary/aromatic N) is 1. The van der Waals surface area contributed by atoms with Crippen LogP contribution in [-0.4, -0.2) is 10.9 Å². The van der Waals surface area contributed by atoms with Gasteiger partial charge in [0.1, 0.15) is 11.1 Å². The number of carbonyl (C=O) groups is 1. The highest BCUT2D eigenvalue weighted by atomic mass is 32.2. The van der Waals surface area contributed by atoms with Crippen molar-refractivity contribution in [2.75, 3.05) is 0 Å². The molecule has 6 heteroatoms. The first-order valence-electron chi connectivity index (χ1n) is 6.86. The van der Waals surface area contributed by atoms with Crippen molar-refractivity contribution >= 4 is 17.7 Å². The Labute approximate surface area is 136 Å². The summed E-state index contributed by atoms with van der Waals surface area (Å²) >= 11 is 1.14. The standard InChI is InChI=1S/C17H13FN2O2S/c18-13-8-6-11(7-9-13)14-10-20-17(22-14)23-15(16(19)21)12-4-2-1-3-5-12/h1-10,15H,(H2,19,21)/t15-/m1/s1. The average molecular weight is 328 g/mol. The summed E-state index contributed by atoms with van der Waals surface area (Å²) in [6.07, 6.45) is 1.54. The Morgan fingerprint density at radius 2 is 1.83 bits per heavy atom. The van der Waals surface area contributed by atoms with Gasteiger partial charge in [0, 0.05) is 5.56 Å². The lowest BCUT2D eigenvalue weighted by Gasteiger charge is -2.10. The van der Waals surface area contributed by atoms with E-state index >= 15 is 0 Å². The van der Waals surface area contributed by atoms with Gasteiger partial charge in [-0.1, -0.05) is 30.3 Å². The molecule has 0 bridgehead atoms. The fourth-order valence-corrected chi connectivity index (χ4v) is 2.94. The quantitative estimate of drug-likeness (QED) is 0.723. The zero-order chi connectivity index (χ0) is 16.2. The van der Waals surface area contributed by atoms with Crippen molar-refractivity contribution in [3.05, 3.63) is 72.2 Å². The minimum atomic E-state index is -0.587. The van der Waals surface area contributed by atoms with Gasteiger partial charge in [-0.25, -0.2) is 9.37 Å². The summed E-state index contributed by atoms with van der Waals surface area (Å²) in [7, 11) is 0. The molecule has 1 heterocycles. The Balaban J connectivity index is 1.82. The molecule has 116 valence electrons. The molecule has 0 saturated heterocycles. The van der Waals surface area contributed by atoms with Crippen molar-refractivity contribution < 1.29 is 13.6 Å². The van der Waals surface area contributed by atoms with Gasteiger partial charge in [0.15, 0.2) is 5.76 Å². The van der Waals surface area contributed by atoms with Crippen molar-refractivity contribution in [1.29, 1.82) is 0 Å². The van der Waals surface area contributed by atoms with Gasteiger partial charge in [0.25, 0.3) is 5.22 Å². The van der Waals surface area contributed by atoms with Gasteiger partial charge in [0.05, 0.1) is 6.20 Å². The number of amides is 1. The molecule has 3 rings (SSSR count). The van der Waals surface area contributed by atoms with Gasteiger partial charge in [-0.2, -0.15) is 0 Å². The molecule has 3 aromatic rings. The van der Waals surface area contributed by atoms with E-state index in [1.807, 2.05) is 30.3 Å². The van der Waals surface area contributed by atoms with Crippen LogP contribution in [0.25, 0.3) is 11.3 Å². The Morgan fingerprint density at radius 1 is 1.13 bits per heavy atom. The molecule has 1 atom stereocenters. The van der Waals surface area contributed by atoms with Crippen LogP contribution in [0.15, 0.2) is 70.4 Å². The zero-order valence-electron chi connectivity index (χ0n) is 12.0. The van der Waals surface area contributed by atoms with Gasteiger partial charge in [-0.15, -0.1) is 0 Å². The van der Waals surface area contributed by atoms with E-state index in [1.165, 1.54) is 12.1 Å². The normalized spacial score (nSPS) is 12.0. The van der Waals surface area contributed by atoms with Crippen LogP contribution >= 0.6 is 11.8 Å². The number of primary amides is 1. The van der Waals surface area contributed by atoms with E-state index in [2.05, 4.69) is 4.98 Å². The summed E-state index contributed by atoms with van der Waals surface area (Å²) in [6, 6.07) is 15.1. The Morgan fingerprint density at radius 3 is 2.48 bits per heavy atom. The lowest BCUT2D eigenvalue weighted by Crippen LogP contribution is -2.18. The molecule has 0 spiro atoms. The molecule has 0 saturated carbocycles.